The molecule has 1 atom stereocenters. The highest BCUT2D eigenvalue weighted by Crippen LogP contribution is 2.23. The van der Waals surface area contributed by atoms with E-state index in [-0.39, 0.29) is 0 Å². The molecule has 80 valence electrons. The molecule has 1 saturated heterocycles. The summed E-state index contributed by atoms with van der Waals surface area (Å²) in [6, 6.07) is 0. The van der Waals surface area contributed by atoms with Crippen molar-refractivity contribution in [2.24, 2.45) is 11.8 Å². The molecule has 1 rings (SSSR count). The van der Waals surface area contributed by atoms with Gasteiger partial charge in [0.25, 0.3) is 0 Å². The number of nitrogens with zero attached hydrogens (tertiary/aromatic N) is 1. The predicted octanol–water partition coefficient (Wildman–Crippen LogP) is 0.664. The minimum Gasteiger partial charge on any atom is -0.462 e. The molecule has 1 amide bonds. The van der Waals surface area contributed by atoms with E-state index in [1.54, 1.807) is 4.90 Å². The van der Waals surface area contributed by atoms with Crippen LogP contribution in [-0.2, 0) is 14.3 Å². The molecule has 0 aliphatic carbocycles. The third-order valence-corrected chi connectivity index (χ3v) is 2.81. The molecular weight excluding hydrogens is 182 g/mol. The minimum absolute atomic E-state index is 0.504. The molecule has 1 aliphatic rings. The van der Waals surface area contributed by atoms with Gasteiger partial charge in [0.05, 0.1) is 7.11 Å². The SMILES string of the molecule is COC(=O)C(=O)N1CCC(C(C)C)C1. The second-order valence-electron chi connectivity index (χ2n) is 4.04. The van der Waals surface area contributed by atoms with Crippen LogP contribution in [0.4, 0.5) is 0 Å². The maximum absolute atomic E-state index is 11.4. The van der Waals surface area contributed by atoms with Crippen molar-refractivity contribution in [2.45, 2.75) is 20.3 Å². The summed E-state index contributed by atoms with van der Waals surface area (Å²) in [5.74, 6) is -0.181. The molecule has 0 bridgehead atoms. The first-order valence-corrected chi connectivity index (χ1v) is 4.93. The van der Waals surface area contributed by atoms with Gasteiger partial charge in [-0.1, -0.05) is 13.8 Å². The Morgan fingerprint density at radius 2 is 2.07 bits per heavy atom. The Bertz CT molecular complexity index is 238. The summed E-state index contributed by atoms with van der Waals surface area (Å²) < 4.78 is 4.39. The molecule has 0 aromatic heterocycles. The van der Waals surface area contributed by atoms with Gasteiger partial charge in [-0.3, -0.25) is 4.79 Å². The second-order valence-corrected chi connectivity index (χ2v) is 4.04. The fourth-order valence-electron chi connectivity index (χ4n) is 1.73. The number of ether oxygens (including phenoxy) is 1. The van der Waals surface area contributed by atoms with Gasteiger partial charge < -0.3 is 9.64 Å². The summed E-state index contributed by atoms with van der Waals surface area (Å²) in [4.78, 5) is 23.9. The number of hydrogen-bond acceptors (Lipinski definition) is 3. The van der Waals surface area contributed by atoms with E-state index >= 15 is 0 Å². The van der Waals surface area contributed by atoms with Gasteiger partial charge in [0.1, 0.15) is 0 Å². The summed E-state index contributed by atoms with van der Waals surface area (Å²) in [5.41, 5.74) is 0. The Morgan fingerprint density at radius 3 is 2.50 bits per heavy atom. The highest BCUT2D eigenvalue weighted by molar-refractivity contribution is 6.32. The summed E-state index contributed by atoms with van der Waals surface area (Å²) in [5, 5.41) is 0. The molecule has 0 spiro atoms. The van der Waals surface area contributed by atoms with Gasteiger partial charge in [-0.15, -0.1) is 0 Å². The predicted molar refractivity (Wildman–Crippen MR) is 51.5 cm³/mol. The van der Waals surface area contributed by atoms with Gasteiger partial charge in [0.2, 0.25) is 0 Å². The van der Waals surface area contributed by atoms with Gasteiger partial charge in [-0.25, -0.2) is 4.79 Å². The van der Waals surface area contributed by atoms with Crippen LogP contribution in [0, 0.1) is 11.8 Å². The topological polar surface area (TPSA) is 46.6 Å². The summed E-state index contributed by atoms with van der Waals surface area (Å²) in [6.07, 6.45) is 0.987. The Balaban J connectivity index is 2.50. The number of hydrogen-bond donors (Lipinski definition) is 0. The third-order valence-electron chi connectivity index (χ3n) is 2.81. The van der Waals surface area contributed by atoms with Gasteiger partial charge in [0, 0.05) is 13.1 Å². The van der Waals surface area contributed by atoms with Crippen molar-refractivity contribution in [3.63, 3.8) is 0 Å². The van der Waals surface area contributed by atoms with E-state index in [4.69, 9.17) is 0 Å². The zero-order valence-corrected chi connectivity index (χ0v) is 8.95. The molecule has 1 heterocycles. The lowest BCUT2D eigenvalue weighted by Gasteiger charge is -2.16. The molecule has 1 unspecified atom stereocenters. The smallest absolute Gasteiger partial charge is 0.396 e. The molecule has 0 N–H and O–H groups in total. The Hall–Kier alpha value is -1.06. The van der Waals surface area contributed by atoms with Crippen LogP contribution < -0.4 is 0 Å². The third kappa shape index (κ3) is 2.25. The lowest BCUT2D eigenvalue weighted by molar-refractivity contribution is -0.157. The average Bonchev–Trinajstić information content (AvgIpc) is 2.64. The number of carbonyl (C=O) groups excluding carboxylic acids is 2. The van der Waals surface area contributed by atoms with E-state index in [1.165, 1.54) is 7.11 Å². The average molecular weight is 199 g/mol. The molecule has 0 aromatic rings. The van der Waals surface area contributed by atoms with Crippen LogP contribution in [-0.4, -0.2) is 37.0 Å². The van der Waals surface area contributed by atoms with E-state index in [9.17, 15) is 9.59 Å². The van der Waals surface area contributed by atoms with Crippen molar-refractivity contribution in [3.05, 3.63) is 0 Å². The Labute approximate surface area is 84.2 Å². The van der Waals surface area contributed by atoms with Crippen molar-refractivity contribution in [2.75, 3.05) is 20.2 Å². The zero-order chi connectivity index (χ0) is 10.7. The number of methoxy groups -OCH3 is 1. The highest BCUT2D eigenvalue weighted by atomic mass is 16.5. The lowest BCUT2D eigenvalue weighted by Crippen LogP contribution is -2.35. The molecule has 0 saturated carbocycles. The first-order valence-electron chi connectivity index (χ1n) is 4.93. The largest absolute Gasteiger partial charge is 0.462 e. The molecule has 4 nitrogen and oxygen atoms in total. The van der Waals surface area contributed by atoms with Crippen LogP contribution in [0.3, 0.4) is 0 Å². The fourth-order valence-corrected chi connectivity index (χ4v) is 1.73. The van der Waals surface area contributed by atoms with E-state index < -0.39 is 11.9 Å². The molecular formula is C10H17NO3. The van der Waals surface area contributed by atoms with Gasteiger partial charge in [0.15, 0.2) is 0 Å². The van der Waals surface area contributed by atoms with Crippen LogP contribution in [0.1, 0.15) is 20.3 Å². The normalized spacial score (nSPS) is 21.4. The van der Waals surface area contributed by atoms with Gasteiger partial charge in [-0.05, 0) is 18.3 Å². The monoisotopic (exact) mass is 199 g/mol. The number of carbonyl (C=O) groups is 2. The summed E-state index contributed by atoms with van der Waals surface area (Å²) in [6.45, 7) is 5.63. The quantitative estimate of drug-likeness (QED) is 0.460. The molecule has 1 fully saturated rings. The molecule has 0 radical (unpaired) electrons. The van der Waals surface area contributed by atoms with Crippen LogP contribution in [0.2, 0.25) is 0 Å². The van der Waals surface area contributed by atoms with E-state index in [0.29, 0.717) is 24.9 Å². The molecule has 1 aliphatic heterocycles. The Morgan fingerprint density at radius 1 is 1.43 bits per heavy atom. The Kier molecular flexibility index (Phi) is 3.49. The molecule has 14 heavy (non-hydrogen) atoms. The molecule has 4 heteroatoms. The maximum atomic E-state index is 11.4. The van der Waals surface area contributed by atoms with Crippen molar-refractivity contribution >= 4 is 11.9 Å². The van der Waals surface area contributed by atoms with E-state index in [0.717, 1.165) is 6.42 Å². The fraction of sp³-hybridized carbons (Fsp3) is 0.800. The lowest BCUT2D eigenvalue weighted by atomic mass is 9.95. The minimum atomic E-state index is -0.755. The maximum Gasteiger partial charge on any atom is 0.396 e. The first-order chi connectivity index (χ1) is 6.56. The summed E-state index contributed by atoms with van der Waals surface area (Å²) in [7, 11) is 1.23. The van der Waals surface area contributed by atoms with Gasteiger partial charge in [-0.2, -0.15) is 0 Å². The van der Waals surface area contributed by atoms with Crippen LogP contribution in [0.5, 0.6) is 0 Å². The number of rotatable bonds is 1. The number of esters is 1. The van der Waals surface area contributed by atoms with E-state index in [2.05, 4.69) is 18.6 Å². The van der Waals surface area contributed by atoms with Gasteiger partial charge >= 0.3 is 11.9 Å². The van der Waals surface area contributed by atoms with Crippen molar-refractivity contribution in [1.29, 1.82) is 0 Å². The molecule has 0 aromatic carbocycles. The van der Waals surface area contributed by atoms with Crippen molar-refractivity contribution in [3.8, 4) is 0 Å². The standard InChI is InChI=1S/C10H17NO3/c1-7(2)8-4-5-11(6-8)9(12)10(13)14-3/h7-8H,4-6H2,1-3H3. The summed E-state index contributed by atoms with van der Waals surface area (Å²) >= 11 is 0. The number of likely N-dealkylation sites (tertiary alicyclic amines) is 1. The van der Waals surface area contributed by atoms with E-state index in [1.807, 2.05) is 0 Å². The zero-order valence-electron chi connectivity index (χ0n) is 8.95. The van der Waals surface area contributed by atoms with Crippen molar-refractivity contribution < 1.29 is 14.3 Å². The number of amides is 1. The van der Waals surface area contributed by atoms with Crippen LogP contribution >= 0.6 is 0 Å². The van der Waals surface area contributed by atoms with Crippen LogP contribution in [0.25, 0.3) is 0 Å². The first kappa shape index (κ1) is 11.0. The highest BCUT2D eigenvalue weighted by Gasteiger charge is 2.31. The van der Waals surface area contributed by atoms with Crippen LogP contribution in [0.15, 0.2) is 0 Å². The van der Waals surface area contributed by atoms with Crippen molar-refractivity contribution in [1.82, 2.24) is 4.90 Å². The second kappa shape index (κ2) is 4.44.